The minimum absolute atomic E-state index is 0. The molecule has 0 saturated carbocycles. The third-order valence-electron chi connectivity index (χ3n) is 3.09. The van der Waals surface area contributed by atoms with Crippen molar-refractivity contribution < 1.29 is 14.7 Å². The molecule has 0 radical (unpaired) electrons. The zero-order valence-corrected chi connectivity index (χ0v) is 12.8. The Morgan fingerprint density at radius 3 is 2.25 bits per heavy atom. The lowest BCUT2D eigenvalue weighted by molar-refractivity contribution is -0.142. The lowest BCUT2D eigenvalue weighted by atomic mass is 10.2. The Hall–Kier alpha value is -1.59. The maximum atomic E-state index is 12.2. The number of benzene rings is 1. The number of amides is 1. The number of likely N-dealkylation sites (N-methyl/N-ethyl adjacent to an activating group) is 2. The number of anilines is 1. The van der Waals surface area contributed by atoms with E-state index in [2.05, 4.69) is 0 Å². The van der Waals surface area contributed by atoms with E-state index in [0.29, 0.717) is 6.54 Å². The summed E-state index contributed by atoms with van der Waals surface area (Å²) in [6.07, 6.45) is 0. The molecule has 1 amide bonds. The van der Waals surface area contributed by atoms with E-state index in [-0.39, 0.29) is 24.9 Å². The third-order valence-corrected chi connectivity index (χ3v) is 3.09. The molecule has 0 fully saturated rings. The first-order valence-electron chi connectivity index (χ1n) is 6.25. The predicted octanol–water partition coefficient (Wildman–Crippen LogP) is 1.87. The highest BCUT2D eigenvalue weighted by atomic mass is 35.5. The molecule has 1 aromatic carbocycles. The van der Waals surface area contributed by atoms with Crippen LogP contribution in [0.5, 0.6) is 0 Å². The molecule has 1 unspecified atom stereocenters. The zero-order valence-electron chi connectivity index (χ0n) is 11.9. The monoisotopic (exact) mass is 300 g/mol. The van der Waals surface area contributed by atoms with Gasteiger partial charge in [-0.25, -0.2) is 0 Å². The van der Waals surface area contributed by atoms with Gasteiger partial charge in [-0.15, -0.1) is 12.4 Å². The molecule has 112 valence electrons. The third kappa shape index (κ3) is 4.83. The minimum Gasteiger partial charge on any atom is -0.480 e. The minimum atomic E-state index is -0.932. The van der Waals surface area contributed by atoms with Crippen molar-refractivity contribution in [2.75, 3.05) is 25.0 Å². The summed E-state index contributed by atoms with van der Waals surface area (Å²) in [7, 11) is 1.63. The number of aliphatic carboxylic acids is 1. The predicted molar refractivity (Wildman–Crippen MR) is 81.4 cm³/mol. The molecule has 1 atom stereocenters. The van der Waals surface area contributed by atoms with Gasteiger partial charge in [-0.05, 0) is 33.0 Å². The normalized spacial score (nSPS) is 11.6. The fraction of sp³-hybridized carbons (Fsp3) is 0.429. The van der Waals surface area contributed by atoms with E-state index in [1.165, 1.54) is 4.90 Å². The summed E-state index contributed by atoms with van der Waals surface area (Å²) in [5.41, 5.74) is 0.825. The van der Waals surface area contributed by atoms with Crippen LogP contribution in [-0.4, -0.2) is 48.1 Å². The molecule has 20 heavy (non-hydrogen) atoms. The van der Waals surface area contributed by atoms with Crippen LogP contribution in [0.15, 0.2) is 30.3 Å². The van der Waals surface area contributed by atoms with Gasteiger partial charge in [0.05, 0.1) is 6.54 Å². The standard InChI is InChI=1S/C14H20N2O3.ClH/c1-4-16(12-8-6-5-7-9-12)13(17)10-15(3)11(2)14(18)19;/h5-9,11H,4,10H2,1-3H3,(H,18,19);1H. The number of hydrogen-bond acceptors (Lipinski definition) is 3. The van der Waals surface area contributed by atoms with Crippen LogP contribution in [0.4, 0.5) is 5.69 Å². The molecule has 0 saturated heterocycles. The summed E-state index contributed by atoms with van der Waals surface area (Å²) in [5.74, 6) is -1.04. The number of para-hydroxylation sites is 1. The number of hydrogen-bond donors (Lipinski definition) is 1. The molecule has 0 aliphatic carbocycles. The van der Waals surface area contributed by atoms with E-state index in [1.54, 1.807) is 18.9 Å². The first-order chi connectivity index (χ1) is 8.97. The molecule has 0 aliphatic heterocycles. The second-order valence-electron chi connectivity index (χ2n) is 4.40. The molecule has 1 aromatic rings. The largest absolute Gasteiger partial charge is 0.480 e. The van der Waals surface area contributed by atoms with Gasteiger partial charge in [0, 0.05) is 12.2 Å². The van der Waals surface area contributed by atoms with Gasteiger partial charge in [-0.2, -0.15) is 0 Å². The van der Waals surface area contributed by atoms with Crippen molar-refractivity contribution >= 4 is 30.0 Å². The number of carboxylic acid groups (broad SMARTS) is 1. The molecule has 0 aliphatic rings. The Bertz CT molecular complexity index is 439. The van der Waals surface area contributed by atoms with Crippen LogP contribution < -0.4 is 4.90 Å². The number of rotatable bonds is 6. The van der Waals surface area contributed by atoms with Crippen molar-refractivity contribution in [1.29, 1.82) is 0 Å². The van der Waals surface area contributed by atoms with Crippen molar-refractivity contribution in [3.05, 3.63) is 30.3 Å². The molecule has 0 bridgehead atoms. The fourth-order valence-corrected chi connectivity index (χ4v) is 1.74. The van der Waals surface area contributed by atoms with Crippen molar-refractivity contribution in [3.63, 3.8) is 0 Å². The van der Waals surface area contributed by atoms with Crippen molar-refractivity contribution in [2.24, 2.45) is 0 Å². The van der Waals surface area contributed by atoms with Crippen LogP contribution in [0.2, 0.25) is 0 Å². The van der Waals surface area contributed by atoms with Gasteiger partial charge in [-0.3, -0.25) is 14.5 Å². The smallest absolute Gasteiger partial charge is 0.320 e. The summed E-state index contributed by atoms with van der Waals surface area (Å²) < 4.78 is 0. The first kappa shape index (κ1) is 18.4. The van der Waals surface area contributed by atoms with Crippen molar-refractivity contribution in [3.8, 4) is 0 Å². The lowest BCUT2D eigenvalue weighted by Crippen LogP contribution is -2.44. The number of halogens is 1. The fourth-order valence-electron chi connectivity index (χ4n) is 1.74. The molecular weight excluding hydrogens is 280 g/mol. The summed E-state index contributed by atoms with van der Waals surface area (Å²) in [6, 6.07) is 8.67. The average molecular weight is 301 g/mol. The van der Waals surface area contributed by atoms with Gasteiger partial charge in [0.15, 0.2) is 0 Å². The van der Waals surface area contributed by atoms with E-state index in [1.807, 2.05) is 37.3 Å². The SMILES string of the molecule is CCN(C(=O)CN(C)C(C)C(=O)O)c1ccccc1.Cl. The molecule has 1 N–H and O–H groups in total. The van der Waals surface area contributed by atoms with Crippen molar-refractivity contribution in [1.82, 2.24) is 4.90 Å². The summed E-state index contributed by atoms with van der Waals surface area (Å²) in [4.78, 5) is 26.2. The Morgan fingerprint density at radius 2 is 1.80 bits per heavy atom. The lowest BCUT2D eigenvalue weighted by Gasteiger charge is -2.26. The van der Waals surface area contributed by atoms with Crippen LogP contribution in [0.25, 0.3) is 0 Å². The highest BCUT2D eigenvalue weighted by Crippen LogP contribution is 2.13. The molecule has 1 rings (SSSR count). The quantitative estimate of drug-likeness (QED) is 0.871. The number of carbonyl (C=O) groups excluding carboxylic acids is 1. The Morgan fingerprint density at radius 1 is 1.25 bits per heavy atom. The molecule has 5 nitrogen and oxygen atoms in total. The maximum Gasteiger partial charge on any atom is 0.320 e. The highest BCUT2D eigenvalue weighted by Gasteiger charge is 2.22. The Labute approximate surface area is 125 Å². The molecule has 6 heteroatoms. The van der Waals surface area contributed by atoms with Crippen LogP contribution in [-0.2, 0) is 9.59 Å². The van der Waals surface area contributed by atoms with Gasteiger partial charge in [0.2, 0.25) is 5.91 Å². The van der Waals surface area contributed by atoms with Crippen LogP contribution in [0.3, 0.4) is 0 Å². The number of carboxylic acids is 1. The van der Waals surface area contributed by atoms with E-state index < -0.39 is 12.0 Å². The molecule has 0 spiro atoms. The Balaban J connectivity index is 0.00000361. The first-order valence-corrected chi connectivity index (χ1v) is 6.25. The van der Waals surface area contributed by atoms with E-state index in [0.717, 1.165) is 5.69 Å². The number of nitrogens with zero attached hydrogens (tertiary/aromatic N) is 2. The van der Waals surface area contributed by atoms with Gasteiger partial charge in [0.25, 0.3) is 0 Å². The zero-order chi connectivity index (χ0) is 14.4. The van der Waals surface area contributed by atoms with Crippen molar-refractivity contribution in [2.45, 2.75) is 19.9 Å². The van der Waals surface area contributed by atoms with Gasteiger partial charge >= 0.3 is 5.97 Å². The van der Waals surface area contributed by atoms with Gasteiger partial charge in [0.1, 0.15) is 6.04 Å². The summed E-state index contributed by atoms with van der Waals surface area (Å²) in [6.45, 7) is 4.09. The summed E-state index contributed by atoms with van der Waals surface area (Å²) >= 11 is 0. The average Bonchev–Trinajstić information content (AvgIpc) is 2.39. The van der Waals surface area contributed by atoms with Gasteiger partial charge in [-0.1, -0.05) is 18.2 Å². The number of carbonyl (C=O) groups is 2. The Kier molecular flexibility index (Phi) is 7.87. The molecular formula is C14H21ClN2O3. The van der Waals surface area contributed by atoms with Crippen LogP contribution in [0, 0.1) is 0 Å². The highest BCUT2D eigenvalue weighted by molar-refractivity contribution is 5.95. The second-order valence-corrected chi connectivity index (χ2v) is 4.40. The van der Waals surface area contributed by atoms with Crippen LogP contribution >= 0.6 is 12.4 Å². The van der Waals surface area contributed by atoms with E-state index in [4.69, 9.17) is 5.11 Å². The topological polar surface area (TPSA) is 60.9 Å². The van der Waals surface area contributed by atoms with Gasteiger partial charge < -0.3 is 10.0 Å². The second kappa shape index (κ2) is 8.55. The van der Waals surface area contributed by atoms with Crippen LogP contribution in [0.1, 0.15) is 13.8 Å². The van der Waals surface area contributed by atoms with E-state index in [9.17, 15) is 9.59 Å². The van der Waals surface area contributed by atoms with E-state index >= 15 is 0 Å². The molecule has 0 heterocycles. The maximum absolute atomic E-state index is 12.2. The molecule has 0 aromatic heterocycles. The summed E-state index contributed by atoms with van der Waals surface area (Å²) in [5, 5.41) is 8.91.